The molecule has 0 aliphatic heterocycles. The summed E-state index contributed by atoms with van der Waals surface area (Å²) >= 11 is 0. The second-order valence-electron chi connectivity index (χ2n) is 8.90. The molecule has 32 heavy (non-hydrogen) atoms. The zero-order valence-corrected chi connectivity index (χ0v) is 23.1. The van der Waals surface area contributed by atoms with Crippen molar-refractivity contribution in [3.05, 3.63) is 0 Å². The van der Waals surface area contributed by atoms with Crippen LogP contribution in [0.1, 0.15) is 144 Å². The highest BCUT2D eigenvalue weighted by molar-refractivity contribution is 5.77. The van der Waals surface area contributed by atoms with Crippen LogP contribution in [0.5, 0.6) is 0 Å². The van der Waals surface area contributed by atoms with Crippen molar-refractivity contribution in [2.75, 3.05) is 26.7 Å². The van der Waals surface area contributed by atoms with Gasteiger partial charge >= 0.3 is 5.97 Å². The van der Waals surface area contributed by atoms with Gasteiger partial charge in [-0.25, -0.2) is 0 Å². The third-order valence-electron chi connectivity index (χ3n) is 5.03. The second kappa shape index (κ2) is 32.3. The molecule has 0 spiro atoms. The average Bonchev–Trinajstić information content (AvgIpc) is 2.76. The highest BCUT2D eigenvalue weighted by atomic mass is 16.5. The summed E-state index contributed by atoms with van der Waals surface area (Å²) in [5, 5.41) is 0. The van der Waals surface area contributed by atoms with E-state index in [2.05, 4.69) is 44.3 Å². The molecule has 0 aromatic heterocycles. The van der Waals surface area contributed by atoms with Crippen LogP contribution in [0.15, 0.2) is 0 Å². The molecule has 0 aliphatic rings. The Hall–Kier alpha value is -0.900. The van der Waals surface area contributed by atoms with Gasteiger partial charge < -0.3 is 4.74 Å². The number of rotatable bonds is 19. The number of hydrogen-bond acceptors (Lipinski definition) is 4. The lowest BCUT2D eigenvalue weighted by Gasteiger charge is -2.19. The molecule has 0 amide bonds. The van der Waals surface area contributed by atoms with Crippen LogP contribution >= 0.6 is 0 Å². The Labute approximate surface area is 202 Å². The minimum Gasteiger partial charge on any atom is -0.469 e. The Kier molecular flexibility index (Phi) is 36.0. The first kappa shape index (κ1) is 35.7. The van der Waals surface area contributed by atoms with Crippen molar-refractivity contribution in [3.63, 3.8) is 0 Å². The molecule has 194 valence electrons. The zero-order chi connectivity index (χ0) is 24.9. The Morgan fingerprint density at radius 3 is 1.47 bits per heavy atom. The summed E-state index contributed by atoms with van der Waals surface area (Å²) in [4.78, 5) is 24.2. The van der Waals surface area contributed by atoms with Crippen LogP contribution in [0.2, 0.25) is 0 Å². The van der Waals surface area contributed by atoms with E-state index in [4.69, 9.17) is 0 Å². The van der Waals surface area contributed by atoms with Gasteiger partial charge in [-0.2, -0.15) is 0 Å². The standard InChI is InChI=1S/C15H29NO3.C10H22.C3H8/c1-4-11-16(13-14(2)17)12-9-7-5-6-8-10-15(18)19-3;1-3-5-7-9-10-8-6-4-2;1-3-2/h4-13H2,1-3H3;3-10H2,1-2H3;3H2,1-2H3. The number of carbonyl (C=O) groups is 2. The lowest BCUT2D eigenvalue weighted by Crippen LogP contribution is -2.30. The highest BCUT2D eigenvalue weighted by Crippen LogP contribution is 2.08. The third kappa shape index (κ3) is 36.5. The lowest BCUT2D eigenvalue weighted by atomic mass is 10.1. The van der Waals surface area contributed by atoms with Gasteiger partial charge in [0.05, 0.1) is 13.7 Å². The first-order valence-electron chi connectivity index (χ1n) is 13.7. The van der Waals surface area contributed by atoms with Gasteiger partial charge in [-0.05, 0) is 39.3 Å². The number of Topliss-reactive ketones (excluding diaryl/α,β-unsaturated/α-hetero) is 1. The fourth-order valence-corrected chi connectivity index (χ4v) is 3.35. The molecule has 4 heteroatoms. The summed E-state index contributed by atoms with van der Waals surface area (Å²) in [6, 6.07) is 0. The number of methoxy groups -OCH3 is 1. The normalized spacial score (nSPS) is 10.1. The van der Waals surface area contributed by atoms with Crippen LogP contribution in [-0.4, -0.2) is 43.4 Å². The lowest BCUT2D eigenvalue weighted by molar-refractivity contribution is -0.140. The second-order valence-corrected chi connectivity index (χ2v) is 8.90. The van der Waals surface area contributed by atoms with Crippen LogP contribution in [0.4, 0.5) is 0 Å². The van der Waals surface area contributed by atoms with Crippen molar-refractivity contribution < 1.29 is 14.3 Å². The van der Waals surface area contributed by atoms with E-state index >= 15 is 0 Å². The van der Waals surface area contributed by atoms with Crippen LogP contribution in [0.25, 0.3) is 0 Å². The summed E-state index contributed by atoms with van der Waals surface area (Å²) < 4.78 is 4.60. The molecule has 0 saturated carbocycles. The Balaban J connectivity index is -0.000000540. The average molecular weight is 458 g/mol. The fraction of sp³-hybridized carbons (Fsp3) is 0.929. The topological polar surface area (TPSA) is 46.6 Å². The van der Waals surface area contributed by atoms with E-state index in [1.54, 1.807) is 6.92 Å². The van der Waals surface area contributed by atoms with E-state index in [0.717, 1.165) is 45.2 Å². The molecular weight excluding hydrogens is 398 g/mol. The third-order valence-corrected chi connectivity index (χ3v) is 5.03. The molecule has 0 bridgehead atoms. The minimum atomic E-state index is -0.115. The molecule has 0 saturated heterocycles. The number of nitrogens with zero attached hydrogens (tertiary/aromatic N) is 1. The van der Waals surface area contributed by atoms with Crippen molar-refractivity contribution in [3.8, 4) is 0 Å². The van der Waals surface area contributed by atoms with E-state index < -0.39 is 0 Å². The molecule has 0 radical (unpaired) electrons. The van der Waals surface area contributed by atoms with Crippen molar-refractivity contribution in [2.45, 2.75) is 144 Å². The van der Waals surface area contributed by atoms with Crippen LogP contribution in [0.3, 0.4) is 0 Å². The maximum Gasteiger partial charge on any atom is 0.305 e. The predicted octanol–water partition coefficient (Wildman–Crippen LogP) is 8.36. The summed E-state index contributed by atoms with van der Waals surface area (Å²) in [5.41, 5.74) is 0. The highest BCUT2D eigenvalue weighted by Gasteiger charge is 2.06. The number of ether oxygens (including phenoxy) is 1. The van der Waals surface area contributed by atoms with Crippen molar-refractivity contribution in [1.29, 1.82) is 0 Å². The Morgan fingerprint density at radius 2 is 1.06 bits per heavy atom. The molecule has 4 nitrogen and oxygen atoms in total. The minimum absolute atomic E-state index is 0.115. The maximum absolute atomic E-state index is 11.1. The van der Waals surface area contributed by atoms with Crippen LogP contribution < -0.4 is 0 Å². The number of hydrogen-bond donors (Lipinski definition) is 0. The van der Waals surface area contributed by atoms with Crippen LogP contribution in [-0.2, 0) is 14.3 Å². The van der Waals surface area contributed by atoms with E-state index in [9.17, 15) is 9.59 Å². The molecule has 0 atom stereocenters. The summed E-state index contributed by atoms with van der Waals surface area (Å²) in [5.74, 6) is 0.127. The number of esters is 1. The van der Waals surface area contributed by atoms with E-state index in [1.807, 2.05) is 0 Å². The summed E-state index contributed by atoms with van der Waals surface area (Å²) in [6.45, 7) is 15.2. The van der Waals surface area contributed by atoms with E-state index in [-0.39, 0.29) is 11.8 Å². The molecule has 0 heterocycles. The summed E-state index contributed by atoms with van der Waals surface area (Å²) in [6.07, 6.45) is 19.8. The fourth-order valence-electron chi connectivity index (χ4n) is 3.35. The van der Waals surface area contributed by atoms with Gasteiger partial charge in [-0.3, -0.25) is 14.5 Å². The van der Waals surface area contributed by atoms with Gasteiger partial charge in [0, 0.05) is 6.42 Å². The summed E-state index contributed by atoms with van der Waals surface area (Å²) in [7, 11) is 1.43. The Bertz CT molecular complexity index is 364. The zero-order valence-electron chi connectivity index (χ0n) is 23.1. The van der Waals surface area contributed by atoms with Gasteiger partial charge in [0.15, 0.2) is 0 Å². The molecule has 0 rings (SSSR count). The van der Waals surface area contributed by atoms with Gasteiger partial charge in [-0.1, -0.05) is 112 Å². The van der Waals surface area contributed by atoms with E-state index in [1.165, 1.54) is 71.3 Å². The monoisotopic (exact) mass is 457 g/mol. The van der Waals surface area contributed by atoms with Gasteiger partial charge in [-0.15, -0.1) is 0 Å². The SMILES string of the molecule is CCC.CCCCCCCCCC.CCCN(CCCCCCCC(=O)OC)CC(C)=O. The van der Waals surface area contributed by atoms with Crippen molar-refractivity contribution >= 4 is 11.8 Å². The number of unbranched alkanes of at least 4 members (excludes halogenated alkanes) is 11. The smallest absolute Gasteiger partial charge is 0.305 e. The molecule has 0 aromatic rings. The van der Waals surface area contributed by atoms with Crippen LogP contribution in [0, 0.1) is 0 Å². The maximum atomic E-state index is 11.1. The molecular formula is C28H59NO3. The molecule has 0 fully saturated rings. The Morgan fingerprint density at radius 1 is 0.625 bits per heavy atom. The van der Waals surface area contributed by atoms with E-state index in [0.29, 0.717) is 13.0 Å². The molecule has 0 N–H and O–H groups in total. The molecule has 0 unspecified atom stereocenters. The number of ketones is 1. The van der Waals surface area contributed by atoms with Gasteiger partial charge in [0.2, 0.25) is 0 Å². The van der Waals surface area contributed by atoms with Crippen molar-refractivity contribution in [2.24, 2.45) is 0 Å². The first-order valence-corrected chi connectivity index (χ1v) is 13.7. The molecule has 0 aromatic carbocycles. The predicted molar refractivity (Wildman–Crippen MR) is 141 cm³/mol. The first-order chi connectivity index (χ1) is 15.4. The largest absolute Gasteiger partial charge is 0.469 e. The quantitative estimate of drug-likeness (QED) is 0.144. The van der Waals surface area contributed by atoms with Gasteiger partial charge in [0.25, 0.3) is 0 Å². The molecule has 0 aliphatic carbocycles. The van der Waals surface area contributed by atoms with Gasteiger partial charge in [0.1, 0.15) is 5.78 Å². The van der Waals surface area contributed by atoms with Crippen molar-refractivity contribution in [1.82, 2.24) is 4.90 Å². The number of carbonyl (C=O) groups excluding carboxylic acids is 2.